The third kappa shape index (κ3) is 2.85. The molecule has 1 N–H and O–H groups in total. The standard InChI is InChI=1S/C15H23NO2/c1-11(10-17-3)18-15-9-5-6-12-13(15)7-4-8-14(12)16-2/h5-6,9,11,14,16H,4,7-8,10H2,1-3H3. The number of hydrogen-bond donors (Lipinski definition) is 1. The number of ether oxygens (including phenoxy) is 2. The molecule has 0 amide bonds. The molecule has 0 spiro atoms. The van der Waals surface area contributed by atoms with Crippen LogP contribution in [0.4, 0.5) is 0 Å². The van der Waals surface area contributed by atoms with Gasteiger partial charge in [0.2, 0.25) is 0 Å². The van der Waals surface area contributed by atoms with Crippen molar-refractivity contribution in [3.8, 4) is 5.75 Å². The van der Waals surface area contributed by atoms with Gasteiger partial charge in [0.1, 0.15) is 11.9 Å². The highest BCUT2D eigenvalue weighted by molar-refractivity contribution is 5.43. The minimum absolute atomic E-state index is 0.0939. The summed E-state index contributed by atoms with van der Waals surface area (Å²) in [5.41, 5.74) is 2.76. The fourth-order valence-corrected chi connectivity index (χ4v) is 2.71. The van der Waals surface area contributed by atoms with E-state index in [2.05, 4.69) is 23.5 Å². The summed E-state index contributed by atoms with van der Waals surface area (Å²) in [7, 11) is 3.73. The Balaban J connectivity index is 2.21. The Labute approximate surface area is 109 Å². The van der Waals surface area contributed by atoms with Crippen molar-refractivity contribution in [3.63, 3.8) is 0 Å². The van der Waals surface area contributed by atoms with Gasteiger partial charge in [0.15, 0.2) is 0 Å². The summed E-state index contributed by atoms with van der Waals surface area (Å²) in [4.78, 5) is 0. The van der Waals surface area contributed by atoms with E-state index in [1.807, 2.05) is 14.0 Å². The zero-order valence-corrected chi connectivity index (χ0v) is 11.5. The van der Waals surface area contributed by atoms with Gasteiger partial charge in [0.05, 0.1) is 6.61 Å². The molecule has 1 aromatic carbocycles. The molecule has 18 heavy (non-hydrogen) atoms. The number of methoxy groups -OCH3 is 1. The molecule has 0 fully saturated rings. The molecule has 0 saturated heterocycles. The van der Waals surface area contributed by atoms with Crippen molar-refractivity contribution in [1.82, 2.24) is 5.32 Å². The molecule has 2 rings (SSSR count). The first-order valence-electron chi connectivity index (χ1n) is 6.71. The van der Waals surface area contributed by atoms with E-state index in [4.69, 9.17) is 9.47 Å². The Kier molecular flexibility index (Phi) is 4.61. The van der Waals surface area contributed by atoms with E-state index in [0.29, 0.717) is 12.6 Å². The molecule has 2 atom stereocenters. The Hall–Kier alpha value is -1.06. The van der Waals surface area contributed by atoms with Crippen LogP contribution in [0.5, 0.6) is 5.75 Å². The third-order valence-corrected chi connectivity index (χ3v) is 3.54. The normalized spacial score (nSPS) is 20.3. The third-order valence-electron chi connectivity index (χ3n) is 3.54. The molecule has 1 aliphatic rings. The first kappa shape index (κ1) is 13.4. The van der Waals surface area contributed by atoms with Crippen LogP contribution >= 0.6 is 0 Å². The second-order valence-corrected chi connectivity index (χ2v) is 4.94. The molecule has 0 bridgehead atoms. The second kappa shape index (κ2) is 6.21. The zero-order chi connectivity index (χ0) is 13.0. The van der Waals surface area contributed by atoms with Crippen molar-refractivity contribution in [3.05, 3.63) is 29.3 Å². The van der Waals surface area contributed by atoms with Gasteiger partial charge >= 0.3 is 0 Å². The summed E-state index contributed by atoms with van der Waals surface area (Å²) >= 11 is 0. The Bertz CT molecular complexity index is 392. The van der Waals surface area contributed by atoms with Crippen molar-refractivity contribution in [2.45, 2.75) is 38.3 Å². The summed E-state index contributed by atoms with van der Waals surface area (Å²) in [6.45, 7) is 2.67. The highest BCUT2D eigenvalue weighted by atomic mass is 16.5. The van der Waals surface area contributed by atoms with Gasteiger partial charge in [0, 0.05) is 13.2 Å². The average molecular weight is 249 g/mol. The number of benzene rings is 1. The van der Waals surface area contributed by atoms with Gasteiger partial charge in [-0.25, -0.2) is 0 Å². The van der Waals surface area contributed by atoms with Crippen molar-refractivity contribution in [2.24, 2.45) is 0 Å². The molecule has 0 aromatic heterocycles. The number of hydrogen-bond acceptors (Lipinski definition) is 3. The van der Waals surface area contributed by atoms with Crippen LogP contribution in [-0.2, 0) is 11.2 Å². The average Bonchev–Trinajstić information content (AvgIpc) is 2.38. The van der Waals surface area contributed by atoms with Crippen molar-refractivity contribution in [1.29, 1.82) is 0 Å². The quantitative estimate of drug-likeness (QED) is 0.870. The first-order chi connectivity index (χ1) is 8.76. The summed E-state index contributed by atoms with van der Waals surface area (Å²) < 4.78 is 11.1. The SMILES string of the molecule is CNC1CCCc2c(OC(C)COC)cccc21. The van der Waals surface area contributed by atoms with E-state index in [-0.39, 0.29) is 6.10 Å². The molecule has 0 saturated carbocycles. The van der Waals surface area contributed by atoms with Crippen LogP contribution in [0.1, 0.15) is 36.9 Å². The molecule has 0 radical (unpaired) electrons. The van der Waals surface area contributed by atoms with Gasteiger partial charge in [-0.15, -0.1) is 0 Å². The monoisotopic (exact) mass is 249 g/mol. The largest absolute Gasteiger partial charge is 0.488 e. The maximum atomic E-state index is 5.99. The lowest BCUT2D eigenvalue weighted by molar-refractivity contribution is 0.0911. The number of fused-ring (bicyclic) bond motifs is 1. The topological polar surface area (TPSA) is 30.5 Å². The molecule has 0 aliphatic heterocycles. The van der Waals surface area contributed by atoms with Gasteiger partial charge in [-0.3, -0.25) is 0 Å². The van der Waals surface area contributed by atoms with Crippen LogP contribution in [-0.4, -0.2) is 26.9 Å². The summed E-state index contributed by atoms with van der Waals surface area (Å²) in [6.07, 6.45) is 3.64. The highest BCUT2D eigenvalue weighted by Crippen LogP contribution is 2.35. The Morgan fingerprint density at radius 1 is 1.44 bits per heavy atom. The summed E-state index contributed by atoms with van der Waals surface area (Å²) in [5, 5.41) is 3.39. The highest BCUT2D eigenvalue weighted by Gasteiger charge is 2.22. The van der Waals surface area contributed by atoms with Gasteiger partial charge < -0.3 is 14.8 Å². The Morgan fingerprint density at radius 3 is 3.00 bits per heavy atom. The molecule has 0 heterocycles. The molecule has 3 nitrogen and oxygen atoms in total. The molecule has 3 heteroatoms. The van der Waals surface area contributed by atoms with E-state index < -0.39 is 0 Å². The van der Waals surface area contributed by atoms with Gasteiger partial charge in [-0.05, 0) is 50.4 Å². The number of rotatable bonds is 5. The predicted molar refractivity (Wildman–Crippen MR) is 73.1 cm³/mol. The van der Waals surface area contributed by atoms with Gasteiger partial charge in [0.25, 0.3) is 0 Å². The smallest absolute Gasteiger partial charge is 0.123 e. The number of nitrogens with one attached hydrogen (secondary N) is 1. The second-order valence-electron chi connectivity index (χ2n) is 4.94. The van der Waals surface area contributed by atoms with Gasteiger partial charge in [-0.2, -0.15) is 0 Å². The van der Waals surface area contributed by atoms with E-state index in [1.165, 1.54) is 24.0 Å². The molecule has 1 aromatic rings. The van der Waals surface area contributed by atoms with Crippen molar-refractivity contribution < 1.29 is 9.47 Å². The van der Waals surface area contributed by atoms with Crippen molar-refractivity contribution >= 4 is 0 Å². The van der Waals surface area contributed by atoms with Crippen molar-refractivity contribution in [2.75, 3.05) is 20.8 Å². The van der Waals surface area contributed by atoms with Crippen LogP contribution in [0.25, 0.3) is 0 Å². The molecular weight excluding hydrogens is 226 g/mol. The molecule has 1 aliphatic carbocycles. The molecular formula is C15H23NO2. The van der Waals surface area contributed by atoms with E-state index in [0.717, 1.165) is 12.2 Å². The molecule has 2 unspecified atom stereocenters. The minimum atomic E-state index is 0.0939. The fourth-order valence-electron chi connectivity index (χ4n) is 2.71. The van der Waals surface area contributed by atoms with Crippen LogP contribution in [0.15, 0.2) is 18.2 Å². The van der Waals surface area contributed by atoms with Crippen LogP contribution in [0, 0.1) is 0 Å². The lowest BCUT2D eigenvalue weighted by atomic mass is 9.87. The van der Waals surface area contributed by atoms with E-state index >= 15 is 0 Å². The van der Waals surface area contributed by atoms with E-state index in [9.17, 15) is 0 Å². The maximum absolute atomic E-state index is 5.99. The fraction of sp³-hybridized carbons (Fsp3) is 0.600. The summed E-state index contributed by atoms with van der Waals surface area (Å²) in [5.74, 6) is 1.03. The van der Waals surface area contributed by atoms with Crippen LogP contribution in [0.3, 0.4) is 0 Å². The molecule has 100 valence electrons. The van der Waals surface area contributed by atoms with Crippen LogP contribution in [0.2, 0.25) is 0 Å². The maximum Gasteiger partial charge on any atom is 0.123 e. The lowest BCUT2D eigenvalue weighted by Crippen LogP contribution is -2.24. The summed E-state index contributed by atoms with van der Waals surface area (Å²) in [6, 6.07) is 6.84. The zero-order valence-electron chi connectivity index (χ0n) is 11.5. The Morgan fingerprint density at radius 2 is 2.28 bits per heavy atom. The minimum Gasteiger partial charge on any atom is -0.488 e. The predicted octanol–water partition coefficient (Wildman–Crippen LogP) is 2.70. The van der Waals surface area contributed by atoms with Gasteiger partial charge in [-0.1, -0.05) is 12.1 Å². The first-order valence-corrected chi connectivity index (χ1v) is 6.71. The lowest BCUT2D eigenvalue weighted by Gasteiger charge is -2.27. The van der Waals surface area contributed by atoms with E-state index in [1.54, 1.807) is 7.11 Å². The van der Waals surface area contributed by atoms with Crippen LogP contribution < -0.4 is 10.1 Å².